The Morgan fingerprint density at radius 3 is 2.89 bits per heavy atom. The predicted octanol–water partition coefficient (Wildman–Crippen LogP) is 1.67. The molecular formula is C13H17ClN2O2. The van der Waals surface area contributed by atoms with Gasteiger partial charge >= 0.3 is 0 Å². The average Bonchev–Trinajstić information content (AvgIpc) is 2.53. The second-order valence-electron chi connectivity index (χ2n) is 4.51. The molecule has 5 heteroatoms. The summed E-state index contributed by atoms with van der Waals surface area (Å²) in [6.45, 7) is 3.30. The van der Waals surface area contributed by atoms with E-state index in [0.717, 1.165) is 18.5 Å². The average molecular weight is 269 g/mol. The number of rotatable bonds is 2. The normalized spacial score (nSPS) is 24.3. The Bertz CT molecular complexity index is 464. The van der Waals surface area contributed by atoms with Crippen molar-refractivity contribution in [2.24, 2.45) is 0 Å². The Balaban J connectivity index is 2.50. The molecule has 0 spiro atoms. The maximum Gasteiger partial charge on any atom is 0.244 e. The smallest absolute Gasteiger partial charge is 0.244 e. The summed E-state index contributed by atoms with van der Waals surface area (Å²) in [5, 5.41) is 6.77. The van der Waals surface area contributed by atoms with Crippen LogP contribution >= 0.6 is 11.6 Å². The third kappa shape index (κ3) is 2.31. The molecule has 1 atom stereocenters. The van der Waals surface area contributed by atoms with E-state index in [9.17, 15) is 4.79 Å². The van der Waals surface area contributed by atoms with Gasteiger partial charge in [-0.25, -0.2) is 0 Å². The fourth-order valence-corrected chi connectivity index (χ4v) is 2.35. The molecule has 1 unspecified atom stereocenters. The molecule has 1 heterocycles. The number of carbonyl (C=O) groups excluding carboxylic acids is 1. The SMILES string of the molecule is COc1ccc(Cl)cc1C1(C)NCCCNC1=O. The van der Waals surface area contributed by atoms with Crippen LogP contribution < -0.4 is 15.4 Å². The Hall–Kier alpha value is -1.26. The molecule has 18 heavy (non-hydrogen) atoms. The maximum atomic E-state index is 12.2. The lowest BCUT2D eigenvalue weighted by atomic mass is 9.90. The molecule has 1 aromatic carbocycles. The van der Waals surface area contributed by atoms with Crippen molar-refractivity contribution in [3.63, 3.8) is 0 Å². The van der Waals surface area contributed by atoms with E-state index in [-0.39, 0.29) is 5.91 Å². The van der Waals surface area contributed by atoms with Crippen molar-refractivity contribution in [3.05, 3.63) is 28.8 Å². The van der Waals surface area contributed by atoms with Crippen molar-refractivity contribution < 1.29 is 9.53 Å². The lowest BCUT2D eigenvalue weighted by molar-refractivity contribution is -0.126. The third-order valence-electron chi connectivity index (χ3n) is 3.27. The number of hydrogen-bond acceptors (Lipinski definition) is 3. The quantitative estimate of drug-likeness (QED) is 0.858. The van der Waals surface area contributed by atoms with Crippen LogP contribution in [-0.4, -0.2) is 26.1 Å². The number of amides is 1. The summed E-state index contributed by atoms with van der Waals surface area (Å²) in [4.78, 5) is 12.2. The molecule has 2 rings (SSSR count). The number of hydrogen-bond donors (Lipinski definition) is 2. The van der Waals surface area contributed by atoms with Gasteiger partial charge in [0.15, 0.2) is 0 Å². The summed E-state index contributed by atoms with van der Waals surface area (Å²) >= 11 is 6.03. The highest BCUT2D eigenvalue weighted by atomic mass is 35.5. The van der Waals surface area contributed by atoms with E-state index in [0.29, 0.717) is 17.3 Å². The molecule has 1 saturated heterocycles. The van der Waals surface area contributed by atoms with Crippen molar-refractivity contribution in [1.29, 1.82) is 0 Å². The summed E-state index contributed by atoms with van der Waals surface area (Å²) in [6, 6.07) is 5.31. The van der Waals surface area contributed by atoms with E-state index < -0.39 is 5.54 Å². The molecule has 0 bridgehead atoms. The van der Waals surface area contributed by atoms with Crippen molar-refractivity contribution in [1.82, 2.24) is 10.6 Å². The van der Waals surface area contributed by atoms with Crippen LogP contribution in [0.25, 0.3) is 0 Å². The lowest BCUT2D eigenvalue weighted by Gasteiger charge is -2.29. The fraction of sp³-hybridized carbons (Fsp3) is 0.462. The monoisotopic (exact) mass is 268 g/mol. The Morgan fingerprint density at radius 2 is 2.17 bits per heavy atom. The summed E-state index contributed by atoms with van der Waals surface area (Å²) in [7, 11) is 1.59. The third-order valence-corrected chi connectivity index (χ3v) is 3.51. The van der Waals surface area contributed by atoms with Gasteiger partial charge in [-0.3, -0.25) is 10.1 Å². The minimum absolute atomic E-state index is 0.0550. The number of ether oxygens (including phenoxy) is 1. The van der Waals surface area contributed by atoms with E-state index in [2.05, 4.69) is 10.6 Å². The van der Waals surface area contributed by atoms with Gasteiger partial charge in [-0.05, 0) is 38.1 Å². The minimum atomic E-state index is -0.813. The molecular weight excluding hydrogens is 252 g/mol. The molecule has 1 aliphatic rings. The van der Waals surface area contributed by atoms with Gasteiger partial charge in [0.2, 0.25) is 5.91 Å². The maximum absolute atomic E-state index is 12.2. The van der Waals surface area contributed by atoms with Crippen LogP contribution in [0.4, 0.5) is 0 Å². The number of carbonyl (C=O) groups is 1. The van der Waals surface area contributed by atoms with Crippen LogP contribution in [0.2, 0.25) is 5.02 Å². The summed E-state index contributed by atoms with van der Waals surface area (Å²) < 4.78 is 5.33. The number of nitrogens with one attached hydrogen (secondary N) is 2. The topological polar surface area (TPSA) is 50.4 Å². The fourth-order valence-electron chi connectivity index (χ4n) is 2.17. The van der Waals surface area contributed by atoms with E-state index in [1.807, 2.05) is 6.92 Å². The minimum Gasteiger partial charge on any atom is -0.496 e. The number of benzene rings is 1. The summed E-state index contributed by atoms with van der Waals surface area (Å²) in [5.41, 5.74) is -0.0517. The van der Waals surface area contributed by atoms with Gasteiger partial charge < -0.3 is 10.1 Å². The van der Waals surface area contributed by atoms with Gasteiger partial charge in [-0.2, -0.15) is 0 Å². The van der Waals surface area contributed by atoms with Crippen LogP contribution in [0.15, 0.2) is 18.2 Å². The van der Waals surface area contributed by atoms with Crippen molar-refractivity contribution in [2.75, 3.05) is 20.2 Å². The van der Waals surface area contributed by atoms with Gasteiger partial charge in [-0.15, -0.1) is 0 Å². The van der Waals surface area contributed by atoms with E-state index in [1.165, 1.54) is 0 Å². The number of methoxy groups -OCH3 is 1. The van der Waals surface area contributed by atoms with Gasteiger partial charge in [0, 0.05) is 17.1 Å². The highest BCUT2D eigenvalue weighted by molar-refractivity contribution is 6.30. The van der Waals surface area contributed by atoms with Gasteiger partial charge in [0.25, 0.3) is 0 Å². The predicted molar refractivity (Wildman–Crippen MR) is 71.0 cm³/mol. The van der Waals surface area contributed by atoms with Crippen LogP contribution in [0.5, 0.6) is 5.75 Å². The Morgan fingerprint density at radius 1 is 1.39 bits per heavy atom. The molecule has 0 aliphatic carbocycles. The molecule has 1 fully saturated rings. The first-order chi connectivity index (χ1) is 8.58. The molecule has 4 nitrogen and oxygen atoms in total. The second-order valence-corrected chi connectivity index (χ2v) is 4.94. The Kier molecular flexibility index (Phi) is 3.78. The van der Waals surface area contributed by atoms with Crippen LogP contribution in [0.3, 0.4) is 0 Å². The standard InChI is InChI=1S/C13H17ClN2O2/c1-13(12(17)15-6-3-7-16-13)10-8-9(14)4-5-11(10)18-2/h4-5,8,16H,3,6-7H2,1-2H3,(H,15,17). The highest BCUT2D eigenvalue weighted by Crippen LogP contribution is 2.33. The number of halogens is 1. The lowest BCUT2D eigenvalue weighted by Crippen LogP contribution is -2.50. The first kappa shape index (κ1) is 13.2. The van der Waals surface area contributed by atoms with Crippen LogP contribution in [-0.2, 0) is 10.3 Å². The molecule has 1 aromatic rings. The molecule has 98 valence electrons. The Labute approximate surface area is 112 Å². The first-order valence-corrected chi connectivity index (χ1v) is 6.33. The van der Waals surface area contributed by atoms with Crippen LogP contribution in [0.1, 0.15) is 18.9 Å². The summed E-state index contributed by atoms with van der Waals surface area (Å²) in [6.07, 6.45) is 0.907. The molecule has 1 aliphatic heterocycles. The van der Waals surface area contributed by atoms with Gasteiger partial charge in [0.05, 0.1) is 7.11 Å². The molecule has 2 N–H and O–H groups in total. The molecule has 1 amide bonds. The van der Waals surface area contributed by atoms with E-state index >= 15 is 0 Å². The van der Waals surface area contributed by atoms with E-state index in [4.69, 9.17) is 16.3 Å². The first-order valence-electron chi connectivity index (χ1n) is 5.95. The molecule has 0 saturated carbocycles. The van der Waals surface area contributed by atoms with Crippen LogP contribution in [0, 0.1) is 0 Å². The zero-order valence-electron chi connectivity index (χ0n) is 10.5. The van der Waals surface area contributed by atoms with Crippen molar-refractivity contribution in [3.8, 4) is 5.75 Å². The van der Waals surface area contributed by atoms with Crippen molar-refractivity contribution >= 4 is 17.5 Å². The largest absolute Gasteiger partial charge is 0.496 e. The van der Waals surface area contributed by atoms with Crippen molar-refractivity contribution in [2.45, 2.75) is 18.9 Å². The second kappa shape index (κ2) is 5.16. The van der Waals surface area contributed by atoms with Gasteiger partial charge in [0.1, 0.15) is 11.3 Å². The zero-order valence-corrected chi connectivity index (χ0v) is 11.3. The highest BCUT2D eigenvalue weighted by Gasteiger charge is 2.38. The molecule has 0 aromatic heterocycles. The van der Waals surface area contributed by atoms with E-state index in [1.54, 1.807) is 25.3 Å². The van der Waals surface area contributed by atoms with Gasteiger partial charge in [-0.1, -0.05) is 11.6 Å². The summed E-state index contributed by atoms with van der Waals surface area (Å²) in [5.74, 6) is 0.604. The zero-order chi connectivity index (χ0) is 13.2. The molecule has 0 radical (unpaired) electrons.